The number of halogens is 1. The largest absolute Gasteiger partial charge is 0.496 e. The van der Waals surface area contributed by atoms with Crippen molar-refractivity contribution >= 4 is 23.4 Å². The van der Waals surface area contributed by atoms with Crippen LogP contribution in [0, 0.1) is 0 Å². The molecule has 0 aliphatic rings. The summed E-state index contributed by atoms with van der Waals surface area (Å²) in [4.78, 5) is 16.6. The van der Waals surface area contributed by atoms with Gasteiger partial charge >= 0.3 is 5.97 Å². The number of methoxy groups -OCH3 is 1. The number of hydrogen-bond donors (Lipinski definition) is 1. The topological polar surface area (TPSA) is 73.9 Å². The van der Waals surface area contributed by atoms with Gasteiger partial charge < -0.3 is 15.3 Å². The van der Waals surface area contributed by atoms with Gasteiger partial charge in [0, 0.05) is 17.0 Å². The Morgan fingerprint density at radius 3 is 2.52 bits per heavy atom. The van der Waals surface area contributed by atoms with Crippen LogP contribution >= 0.6 is 11.6 Å². The average Bonchev–Trinajstić information content (AvgIpc) is 2.55. The van der Waals surface area contributed by atoms with Crippen LogP contribution < -0.4 is 10.5 Å². The van der Waals surface area contributed by atoms with Gasteiger partial charge in [0.2, 0.25) is 0 Å². The van der Waals surface area contributed by atoms with Gasteiger partial charge in [-0.3, -0.25) is 0 Å². The van der Waals surface area contributed by atoms with E-state index in [1.165, 1.54) is 0 Å². The van der Waals surface area contributed by atoms with Crippen molar-refractivity contribution in [1.82, 2.24) is 0 Å². The number of nitrogens with zero attached hydrogens (tertiary/aromatic N) is 1. The van der Waals surface area contributed by atoms with Crippen LogP contribution in [-0.4, -0.2) is 18.9 Å². The lowest BCUT2D eigenvalue weighted by molar-refractivity contribution is -0.142. The van der Waals surface area contributed by atoms with Crippen molar-refractivity contribution in [1.29, 1.82) is 0 Å². The minimum atomic E-state index is -0.490. The number of carbonyl (C=O) groups is 1. The van der Waals surface area contributed by atoms with Crippen molar-refractivity contribution < 1.29 is 14.4 Å². The first-order chi connectivity index (χ1) is 11.1. The van der Waals surface area contributed by atoms with Gasteiger partial charge in [0.05, 0.1) is 13.5 Å². The van der Waals surface area contributed by atoms with Gasteiger partial charge in [-0.15, -0.1) is 0 Å². The maximum atomic E-state index is 11.7. The molecule has 2 aromatic rings. The second-order valence-corrected chi connectivity index (χ2v) is 5.27. The van der Waals surface area contributed by atoms with Gasteiger partial charge in [-0.25, -0.2) is 4.79 Å². The fraction of sp³-hybridized carbons (Fsp3) is 0.176. The summed E-state index contributed by atoms with van der Waals surface area (Å²) in [6.07, 6.45) is 0.431. The molecule has 0 saturated carbocycles. The van der Waals surface area contributed by atoms with Crippen LogP contribution in [0.4, 0.5) is 0 Å². The molecule has 0 atom stereocenters. The maximum absolute atomic E-state index is 11.7. The zero-order valence-electron chi connectivity index (χ0n) is 12.7. The van der Waals surface area contributed by atoms with Gasteiger partial charge in [-0.1, -0.05) is 47.1 Å². The van der Waals surface area contributed by atoms with Gasteiger partial charge in [0.1, 0.15) is 11.6 Å². The summed E-state index contributed by atoms with van der Waals surface area (Å²) >= 11 is 5.79. The van der Waals surface area contributed by atoms with Crippen molar-refractivity contribution in [2.45, 2.75) is 12.8 Å². The van der Waals surface area contributed by atoms with Crippen LogP contribution in [0.1, 0.15) is 11.1 Å². The highest BCUT2D eigenvalue weighted by atomic mass is 35.5. The predicted octanol–water partition coefficient (Wildman–Crippen LogP) is 2.95. The Balaban J connectivity index is 1.91. The monoisotopic (exact) mass is 332 g/mol. The van der Waals surface area contributed by atoms with E-state index < -0.39 is 5.97 Å². The highest BCUT2D eigenvalue weighted by Gasteiger charge is 2.07. The molecule has 23 heavy (non-hydrogen) atoms. The van der Waals surface area contributed by atoms with E-state index in [-0.39, 0.29) is 12.3 Å². The van der Waals surface area contributed by atoms with Gasteiger partial charge in [0.25, 0.3) is 0 Å². The molecule has 0 radical (unpaired) electrons. The van der Waals surface area contributed by atoms with Gasteiger partial charge in [-0.2, -0.15) is 0 Å². The number of oxime groups is 1. The molecule has 0 saturated heterocycles. The lowest BCUT2D eigenvalue weighted by Crippen LogP contribution is -2.17. The number of carbonyl (C=O) groups excluding carboxylic acids is 1. The van der Waals surface area contributed by atoms with E-state index in [1.807, 2.05) is 24.3 Å². The molecule has 120 valence electrons. The Labute approximate surface area is 139 Å². The fourth-order valence-electron chi connectivity index (χ4n) is 1.99. The number of nitrogens with two attached hydrogens (primary N) is 1. The zero-order chi connectivity index (χ0) is 16.7. The average molecular weight is 333 g/mol. The molecule has 0 heterocycles. The van der Waals surface area contributed by atoms with Crippen LogP contribution in [0.15, 0.2) is 53.7 Å². The molecule has 6 heteroatoms. The Morgan fingerprint density at radius 1 is 1.13 bits per heavy atom. The Morgan fingerprint density at radius 2 is 1.83 bits per heavy atom. The van der Waals surface area contributed by atoms with E-state index in [0.29, 0.717) is 17.2 Å². The minimum Gasteiger partial charge on any atom is -0.496 e. The quantitative estimate of drug-likeness (QED) is 0.382. The predicted molar refractivity (Wildman–Crippen MR) is 89.6 cm³/mol. The number of ether oxygens (including phenoxy) is 1. The van der Waals surface area contributed by atoms with Crippen LogP contribution in [0.25, 0.3) is 0 Å². The lowest BCUT2D eigenvalue weighted by atomic mass is 10.1. The normalized spacial score (nSPS) is 11.1. The van der Waals surface area contributed by atoms with E-state index in [1.54, 1.807) is 31.4 Å². The highest BCUT2D eigenvalue weighted by Crippen LogP contribution is 2.17. The third-order valence-corrected chi connectivity index (χ3v) is 3.34. The molecule has 0 fully saturated rings. The summed E-state index contributed by atoms with van der Waals surface area (Å²) in [5.41, 5.74) is 7.45. The number of hydrogen-bond acceptors (Lipinski definition) is 4. The van der Waals surface area contributed by atoms with Gasteiger partial charge in [-0.05, 0) is 23.8 Å². The first-order valence-corrected chi connectivity index (χ1v) is 7.35. The molecule has 5 nitrogen and oxygen atoms in total. The van der Waals surface area contributed by atoms with E-state index >= 15 is 0 Å². The standard InChI is InChI=1S/C17H17ClN2O3/c1-22-15-5-3-2-4-13(15)11-16(19)20-23-17(21)10-12-6-8-14(18)9-7-12/h2-9H,10-11H2,1H3,(H2,19,20). The molecule has 0 aliphatic heterocycles. The van der Waals surface area contributed by atoms with Crippen molar-refractivity contribution in [3.8, 4) is 5.75 Å². The third-order valence-electron chi connectivity index (χ3n) is 3.09. The Hall–Kier alpha value is -2.53. The van der Waals surface area contributed by atoms with Crippen molar-refractivity contribution in [3.05, 3.63) is 64.7 Å². The molecule has 0 aliphatic carbocycles. The maximum Gasteiger partial charge on any atom is 0.339 e. The number of para-hydroxylation sites is 1. The first kappa shape index (κ1) is 16.8. The molecule has 0 bridgehead atoms. The van der Waals surface area contributed by atoms with Gasteiger partial charge in [0.15, 0.2) is 0 Å². The highest BCUT2D eigenvalue weighted by molar-refractivity contribution is 6.30. The fourth-order valence-corrected chi connectivity index (χ4v) is 2.11. The summed E-state index contributed by atoms with van der Waals surface area (Å²) in [6, 6.07) is 14.4. The molecule has 0 amide bonds. The molecule has 2 N–H and O–H groups in total. The van der Waals surface area contributed by atoms with E-state index in [0.717, 1.165) is 11.1 Å². The second kappa shape index (κ2) is 8.19. The van der Waals surface area contributed by atoms with Crippen LogP contribution in [0.5, 0.6) is 5.75 Å². The molecule has 2 rings (SSSR count). The molecule has 0 spiro atoms. The van der Waals surface area contributed by atoms with E-state index in [9.17, 15) is 4.79 Å². The van der Waals surface area contributed by atoms with Crippen molar-refractivity contribution in [3.63, 3.8) is 0 Å². The minimum absolute atomic E-state index is 0.0998. The molecule has 2 aromatic carbocycles. The van der Waals surface area contributed by atoms with E-state index in [2.05, 4.69) is 5.16 Å². The van der Waals surface area contributed by atoms with Crippen LogP contribution in [0.2, 0.25) is 5.02 Å². The van der Waals surface area contributed by atoms with Crippen LogP contribution in [-0.2, 0) is 22.5 Å². The summed E-state index contributed by atoms with van der Waals surface area (Å²) in [6.45, 7) is 0. The lowest BCUT2D eigenvalue weighted by Gasteiger charge is -2.07. The number of rotatable bonds is 6. The summed E-state index contributed by atoms with van der Waals surface area (Å²) in [7, 11) is 1.58. The second-order valence-electron chi connectivity index (χ2n) is 4.84. The first-order valence-electron chi connectivity index (χ1n) is 6.97. The summed E-state index contributed by atoms with van der Waals surface area (Å²) < 4.78 is 5.23. The van der Waals surface area contributed by atoms with E-state index in [4.69, 9.17) is 26.9 Å². The SMILES string of the molecule is COc1ccccc1C/C(N)=N\OC(=O)Cc1ccc(Cl)cc1. The molecular formula is C17H17ClN2O3. The zero-order valence-corrected chi connectivity index (χ0v) is 13.4. The summed E-state index contributed by atoms with van der Waals surface area (Å²) in [5.74, 6) is 0.410. The van der Waals surface area contributed by atoms with Crippen molar-refractivity contribution in [2.75, 3.05) is 7.11 Å². The van der Waals surface area contributed by atoms with Crippen LogP contribution in [0.3, 0.4) is 0 Å². The molecular weight excluding hydrogens is 316 g/mol. The molecule has 0 unspecified atom stereocenters. The summed E-state index contributed by atoms with van der Waals surface area (Å²) in [5, 5.41) is 4.28. The molecule has 0 aromatic heterocycles. The Kier molecular flexibility index (Phi) is 6.00. The third kappa shape index (κ3) is 5.30. The Bertz CT molecular complexity index is 699. The number of amidine groups is 1. The smallest absolute Gasteiger partial charge is 0.339 e. The number of benzene rings is 2. The van der Waals surface area contributed by atoms with Crippen molar-refractivity contribution in [2.24, 2.45) is 10.9 Å².